The summed E-state index contributed by atoms with van der Waals surface area (Å²) in [6.45, 7) is 3.84. The standard InChI is InChI=1S/C16H17FN2O2/c1-3-21-14-9-5-7-12(18)15(14)16(20)19-13-8-4-6-11(17)10(13)2/h4-9H,3,18H2,1-2H3,(H,19,20). The minimum absolute atomic E-state index is 0.253. The van der Waals surface area contributed by atoms with Gasteiger partial charge in [0.2, 0.25) is 0 Å². The fourth-order valence-corrected chi connectivity index (χ4v) is 1.99. The summed E-state index contributed by atoms with van der Waals surface area (Å²) in [5.41, 5.74) is 7.21. The van der Waals surface area contributed by atoms with Crippen LogP contribution in [0.25, 0.3) is 0 Å². The van der Waals surface area contributed by atoms with E-state index in [2.05, 4.69) is 5.32 Å². The number of amides is 1. The number of hydrogen-bond acceptors (Lipinski definition) is 3. The Kier molecular flexibility index (Phi) is 4.42. The van der Waals surface area contributed by atoms with Gasteiger partial charge in [0.15, 0.2) is 0 Å². The van der Waals surface area contributed by atoms with Crippen molar-refractivity contribution in [3.8, 4) is 5.75 Å². The summed E-state index contributed by atoms with van der Waals surface area (Å²) in [4.78, 5) is 12.4. The SMILES string of the molecule is CCOc1cccc(N)c1C(=O)Nc1cccc(F)c1C. The van der Waals surface area contributed by atoms with Crippen LogP contribution in [0.15, 0.2) is 36.4 Å². The van der Waals surface area contributed by atoms with Gasteiger partial charge in [0.05, 0.1) is 6.61 Å². The lowest BCUT2D eigenvalue weighted by Gasteiger charge is -2.14. The minimum Gasteiger partial charge on any atom is -0.493 e. The molecule has 2 aromatic carbocycles. The lowest BCUT2D eigenvalue weighted by atomic mass is 10.1. The van der Waals surface area contributed by atoms with E-state index in [4.69, 9.17) is 10.5 Å². The third kappa shape index (κ3) is 3.13. The zero-order chi connectivity index (χ0) is 15.4. The summed E-state index contributed by atoms with van der Waals surface area (Å²) in [7, 11) is 0. The van der Waals surface area contributed by atoms with Gasteiger partial charge in [-0.05, 0) is 38.1 Å². The van der Waals surface area contributed by atoms with Gasteiger partial charge < -0.3 is 15.8 Å². The normalized spacial score (nSPS) is 10.2. The van der Waals surface area contributed by atoms with Crippen LogP contribution in [-0.4, -0.2) is 12.5 Å². The maximum Gasteiger partial charge on any atom is 0.261 e. The molecule has 0 aliphatic rings. The van der Waals surface area contributed by atoms with E-state index in [1.807, 2.05) is 6.92 Å². The zero-order valence-corrected chi connectivity index (χ0v) is 11.9. The predicted octanol–water partition coefficient (Wildman–Crippen LogP) is 3.37. The Morgan fingerprint density at radius 3 is 2.71 bits per heavy atom. The first kappa shape index (κ1) is 14.8. The highest BCUT2D eigenvalue weighted by Gasteiger charge is 2.17. The second kappa shape index (κ2) is 6.26. The molecular weight excluding hydrogens is 271 g/mol. The van der Waals surface area contributed by atoms with Crippen LogP contribution in [-0.2, 0) is 0 Å². The van der Waals surface area contributed by atoms with Crippen molar-refractivity contribution in [2.45, 2.75) is 13.8 Å². The highest BCUT2D eigenvalue weighted by molar-refractivity contribution is 6.10. The van der Waals surface area contributed by atoms with Crippen LogP contribution in [0.3, 0.4) is 0 Å². The minimum atomic E-state index is -0.426. The number of ether oxygens (including phenoxy) is 1. The highest BCUT2D eigenvalue weighted by atomic mass is 19.1. The molecule has 2 rings (SSSR count). The second-order valence-corrected chi connectivity index (χ2v) is 4.52. The summed E-state index contributed by atoms with van der Waals surface area (Å²) in [6.07, 6.45) is 0. The van der Waals surface area contributed by atoms with Crippen molar-refractivity contribution in [2.24, 2.45) is 0 Å². The monoisotopic (exact) mass is 288 g/mol. The van der Waals surface area contributed by atoms with Gasteiger partial charge in [-0.25, -0.2) is 4.39 Å². The summed E-state index contributed by atoms with van der Waals surface area (Å²) in [5, 5.41) is 2.67. The van der Waals surface area contributed by atoms with Crippen molar-refractivity contribution in [2.75, 3.05) is 17.7 Å². The van der Waals surface area contributed by atoms with E-state index in [0.717, 1.165) is 0 Å². The van der Waals surface area contributed by atoms with E-state index in [-0.39, 0.29) is 11.4 Å². The van der Waals surface area contributed by atoms with Crippen LogP contribution >= 0.6 is 0 Å². The van der Waals surface area contributed by atoms with Crippen LogP contribution in [0.5, 0.6) is 5.75 Å². The van der Waals surface area contributed by atoms with E-state index in [1.54, 1.807) is 31.2 Å². The van der Waals surface area contributed by atoms with Crippen LogP contribution in [0.4, 0.5) is 15.8 Å². The van der Waals surface area contributed by atoms with Gasteiger partial charge in [0, 0.05) is 16.9 Å². The largest absolute Gasteiger partial charge is 0.493 e. The van der Waals surface area contributed by atoms with Gasteiger partial charge in [-0.15, -0.1) is 0 Å². The lowest BCUT2D eigenvalue weighted by molar-refractivity contribution is 0.102. The molecule has 21 heavy (non-hydrogen) atoms. The number of hydrogen-bond donors (Lipinski definition) is 2. The molecule has 0 heterocycles. The van der Waals surface area contributed by atoms with Gasteiger partial charge in [-0.1, -0.05) is 12.1 Å². The Morgan fingerprint density at radius 1 is 1.29 bits per heavy atom. The smallest absolute Gasteiger partial charge is 0.261 e. The number of nitrogen functional groups attached to an aromatic ring is 1. The number of carbonyl (C=O) groups is 1. The summed E-state index contributed by atoms with van der Waals surface area (Å²) in [5.74, 6) is -0.395. The van der Waals surface area contributed by atoms with Crippen molar-refractivity contribution in [3.63, 3.8) is 0 Å². The van der Waals surface area contributed by atoms with Crippen LogP contribution in [0.1, 0.15) is 22.8 Å². The molecule has 5 heteroatoms. The Hall–Kier alpha value is -2.56. The summed E-state index contributed by atoms with van der Waals surface area (Å²) < 4.78 is 18.9. The fraction of sp³-hybridized carbons (Fsp3) is 0.188. The molecule has 0 saturated carbocycles. The van der Waals surface area contributed by atoms with Gasteiger partial charge in [0.1, 0.15) is 17.1 Å². The number of halogens is 1. The van der Waals surface area contributed by atoms with E-state index in [9.17, 15) is 9.18 Å². The third-order valence-electron chi connectivity index (χ3n) is 3.10. The highest BCUT2D eigenvalue weighted by Crippen LogP contribution is 2.26. The number of benzene rings is 2. The molecule has 0 atom stereocenters. The van der Waals surface area contributed by atoms with Gasteiger partial charge in [-0.3, -0.25) is 4.79 Å². The third-order valence-corrected chi connectivity index (χ3v) is 3.10. The molecule has 0 saturated heterocycles. The molecule has 0 aliphatic heterocycles. The number of carbonyl (C=O) groups excluding carboxylic acids is 1. The first-order valence-corrected chi connectivity index (χ1v) is 6.62. The molecule has 0 spiro atoms. The molecule has 110 valence electrons. The summed E-state index contributed by atoms with van der Waals surface area (Å²) >= 11 is 0. The molecule has 0 radical (unpaired) electrons. The van der Waals surface area contributed by atoms with Crippen LogP contribution < -0.4 is 15.8 Å². The number of nitrogens with one attached hydrogen (secondary N) is 1. The first-order valence-electron chi connectivity index (χ1n) is 6.62. The number of nitrogens with two attached hydrogens (primary N) is 1. The maximum atomic E-state index is 13.5. The van der Waals surface area contributed by atoms with Gasteiger partial charge in [0.25, 0.3) is 5.91 Å². The lowest BCUT2D eigenvalue weighted by Crippen LogP contribution is -2.16. The van der Waals surface area contributed by atoms with E-state index < -0.39 is 5.91 Å². The van der Waals surface area contributed by atoms with Crippen LogP contribution in [0.2, 0.25) is 0 Å². The molecule has 0 aromatic heterocycles. The Morgan fingerprint density at radius 2 is 2.00 bits per heavy atom. The summed E-state index contributed by atoms with van der Waals surface area (Å²) in [6, 6.07) is 9.52. The van der Waals surface area contributed by atoms with Gasteiger partial charge in [-0.2, -0.15) is 0 Å². The number of anilines is 2. The molecular formula is C16H17FN2O2. The topological polar surface area (TPSA) is 64.3 Å². The number of rotatable bonds is 4. The molecule has 0 fully saturated rings. The molecule has 0 bridgehead atoms. The molecule has 1 amide bonds. The quantitative estimate of drug-likeness (QED) is 0.848. The predicted molar refractivity (Wildman–Crippen MR) is 81.1 cm³/mol. The average molecular weight is 288 g/mol. The average Bonchev–Trinajstić information content (AvgIpc) is 2.44. The fourth-order valence-electron chi connectivity index (χ4n) is 1.99. The van der Waals surface area contributed by atoms with Gasteiger partial charge >= 0.3 is 0 Å². The van der Waals surface area contributed by atoms with Crippen molar-refractivity contribution >= 4 is 17.3 Å². The second-order valence-electron chi connectivity index (χ2n) is 4.52. The molecule has 4 nitrogen and oxygen atoms in total. The molecule has 2 aromatic rings. The van der Waals surface area contributed by atoms with Crippen LogP contribution in [0, 0.1) is 12.7 Å². The Bertz CT molecular complexity index is 671. The van der Waals surface area contributed by atoms with E-state index in [1.165, 1.54) is 12.1 Å². The van der Waals surface area contributed by atoms with Crippen molar-refractivity contribution < 1.29 is 13.9 Å². The maximum absolute atomic E-state index is 13.5. The van der Waals surface area contributed by atoms with Crippen molar-refractivity contribution in [1.29, 1.82) is 0 Å². The molecule has 3 N–H and O–H groups in total. The zero-order valence-electron chi connectivity index (χ0n) is 11.9. The Labute approximate surface area is 122 Å². The molecule has 0 unspecified atom stereocenters. The first-order chi connectivity index (χ1) is 10.0. The molecule has 0 aliphatic carbocycles. The van der Waals surface area contributed by atoms with Crippen molar-refractivity contribution in [1.82, 2.24) is 0 Å². The van der Waals surface area contributed by atoms with E-state index >= 15 is 0 Å². The van der Waals surface area contributed by atoms with E-state index in [0.29, 0.717) is 29.3 Å². The van der Waals surface area contributed by atoms with Crippen molar-refractivity contribution in [3.05, 3.63) is 53.3 Å². The Balaban J connectivity index is 2.35.